The molecule has 0 aromatic carbocycles. The molecule has 6 nitrogen and oxygen atoms in total. The predicted molar refractivity (Wildman–Crippen MR) is 94.2 cm³/mol. The first-order valence-electron chi connectivity index (χ1n) is 9.86. The minimum atomic E-state index is 0.0979. The number of nitrogens with zero attached hydrogens (tertiary/aromatic N) is 4. The molecule has 0 radical (unpaired) electrons. The number of likely N-dealkylation sites (tertiary alicyclic amines) is 2. The molecule has 6 heteroatoms. The molecule has 1 aromatic heterocycles. The van der Waals surface area contributed by atoms with Gasteiger partial charge in [-0.25, -0.2) is 0 Å². The van der Waals surface area contributed by atoms with Crippen LogP contribution in [0.3, 0.4) is 0 Å². The average Bonchev–Trinajstić information content (AvgIpc) is 3.36. The summed E-state index contributed by atoms with van der Waals surface area (Å²) in [6.45, 7) is 2.33. The van der Waals surface area contributed by atoms with Crippen molar-refractivity contribution in [2.75, 3.05) is 19.6 Å². The van der Waals surface area contributed by atoms with Crippen molar-refractivity contribution in [1.29, 1.82) is 0 Å². The van der Waals surface area contributed by atoms with Gasteiger partial charge in [0.05, 0.1) is 6.04 Å². The van der Waals surface area contributed by atoms with Gasteiger partial charge in [-0.05, 0) is 44.6 Å². The number of carbonyl (C=O) groups excluding carboxylic acids is 2. The Morgan fingerprint density at radius 1 is 1.08 bits per heavy atom. The minimum Gasteiger partial charge on any atom is -0.341 e. The maximum absolute atomic E-state index is 13.3. The molecule has 1 atom stereocenters. The number of rotatable bonds is 4. The molecule has 1 aromatic rings. The zero-order valence-corrected chi connectivity index (χ0v) is 14.9. The van der Waals surface area contributed by atoms with Gasteiger partial charge >= 0.3 is 0 Å². The number of aromatic nitrogens is 2. The SMILES string of the molecule is O=C1CCCN1C[C@@H]1CCCCN1C(=O)c1ccnn1C1CCCC1. The molecule has 3 aliphatic rings. The van der Waals surface area contributed by atoms with Crippen LogP contribution >= 0.6 is 0 Å². The molecule has 2 saturated heterocycles. The van der Waals surface area contributed by atoms with Gasteiger partial charge in [0.1, 0.15) is 5.69 Å². The first-order chi connectivity index (χ1) is 12.2. The Labute approximate surface area is 149 Å². The second-order valence-electron chi connectivity index (χ2n) is 7.69. The van der Waals surface area contributed by atoms with E-state index in [0.717, 1.165) is 57.3 Å². The van der Waals surface area contributed by atoms with Crippen LogP contribution in [0.4, 0.5) is 0 Å². The Morgan fingerprint density at radius 3 is 2.64 bits per heavy atom. The predicted octanol–water partition coefficient (Wildman–Crippen LogP) is 2.62. The summed E-state index contributed by atoms with van der Waals surface area (Å²) in [5.41, 5.74) is 0.728. The molecule has 2 aliphatic heterocycles. The largest absolute Gasteiger partial charge is 0.341 e. The van der Waals surface area contributed by atoms with Crippen LogP contribution in [-0.2, 0) is 4.79 Å². The quantitative estimate of drug-likeness (QED) is 0.844. The average molecular weight is 344 g/mol. The summed E-state index contributed by atoms with van der Waals surface area (Å²) in [6.07, 6.45) is 11.2. The van der Waals surface area contributed by atoms with Crippen LogP contribution in [0.2, 0.25) is 0 Å². The Kier molecular flexibility index (Phi) is 4.77. The Hall–Kier alpha value is -1.85. The van der Waals surface area contributed by atoms with Gasteiger partial charge in [-0.3, -0.25) is 14.3 Å². The van der Waals surface area contributed by atoms with Crippen LogP contribution in [0, 0.1) is 0 Å². The van der Waals surface area contributed by atoms with Crippen molar-refractivity contribution < 1.29 is 9.59 Å². The number of hydrogen-bond acceptors (Lipinski definition) is 3. The van der Waals surface area contributed by atoms with Gasteiger partial charge in [0.15, 0.2) is 0 Å². The lowest BCUT2D eigenvalue weighted by molar-refractivity contribution is -0.128. The van der Waals surface area contributed by atoms with Gasteiger partial charge in [0.25, 0.3) is 5.91 Å². The van der Waals surface area contributed by atoms with Crippen molar-refractivity contribution in [3.05, 3.63) is 18.0 Å². The number of carbonyl (C=O) groups is 2. The van der Waals surface area contributed by atoms with E-state index in [1.807, 2.05) is 20.5 Å². The van der Waals surface area contributed by atoms with Gasteiger partial charge in [0, 0.05) is 38.3 Å². The molecule has 3 heterocycles. The van der Waals surface area contributed by atoms with E-state index >= 15 is 0 Å². The molecule has 0 unspecified atom stereocenters. The van der Waals surface area contributed by atoms with Crippen molar-refractivity contribution in [3.8, 4) is 0 Å². The molecule has 0 N–H and O–H groups in total. The van der Waals surface area contributed by atoms with Crippen molar-refractivity contribution in [2.45, 2.75) is 69.9 Å². The van der Waals surface area contributed by atoms with E-state index in [0.29, 0.717) is 19.0 Å². The molecule has 3 fully saturated rings. The Bertz CT molecular complexity index is 635. The van der Waals surface area contributed by atoms with Crippen LogP contribution in [0.1, 0.15) is 74.3 Å². The van der Waals surface area contributed by atoms with E-state index in [-0.39, 0.29) is 17.9 Å². The fraction of sp³-hybridized carbons (Fsp3) is 0.737. The summed E-state index contributed by atoms with van der Waals surface area (Å²) in [5, 5.41) is 4.46. The maximum atomic E-state index is 13.3. The van der Waals surface area contributed by atoms with E-state index in [1.165, 1.54) is 12.8 Å². The van der Waals surface area contributed by atoms with Crippen molar-refractivity contribution >= 4 is 11.8 Å². The van der Waals surface area contributed by atoms with E-state index in [4.69, 9.17) is 0 Å². The standard InChI is InChI=1S/C19H28N4O2/c24-18-9-5-12-21(18)14-16-8-3-4-13-22(16)19(25)17-10-11-20-23(17)15-6-1-2-7-15/h10-11,15-16H,1-9,12-14H2/t16-/m0/s1. The zero-order valence-electron chi connectivity index (χ0n) is 14.9. The van der Waals surface area contributed by atoms with Crippen LogP contribution < -0.4 is 0 Å². The third kappa shape index (κ3) is 3.31. The third-order valence-corrected chi connectivity index (χ3v) is 6.05. The molecular weight excluding hydrogens is 316 g/mol. The van der Waals surface area contributed by atoms with Gasteiger partial charge < -0.3 is 9.80 Å². The van der Waals surface area contributed by atoms with Crippen molar-refractivity contribution in [1.82, 2.24) is 19.6 Å². The Morgan fingerprint density at radius 2 is 1.88 bits per heavy atom. The fourth-order valence-electron chi connectivity index (χ4n) is 4.68. The van der Waals surface area contributed by atoms with E-state index < -0.39 is 0 Å². The molecule has 136 valence electrons. The monoisotopic (exact) mass is 344 g/mol. The van der Waals surface area contributed by atoms with Crippen LogP contribution in [0.5, 0.6) is 0 Å². The van der Waals surface area contributed by atoms with Crippen LogP contribution in [0.25, 0.3) is 0 Å². The first-order valence-corrected chi connectivity index (χ1v) is 9.86. The second-order valence-corrected chi connectivity index (χ2v) is 7.69. The summed E-state index contributed by atoms with van der Waals surface area (Å²) in [4.78, 5) is 29.2. The smallest absolute Gasteiger partial charge is 0.272 e. The number of piperidine rings is 1. The molecule has 0 spiro atoms. The highest BCUT2D eigenvalue weighted by atomic mass is 16.2. The summed E-state index contributed by atoms with van der Waals surface area (Å²) in [6, 6.07) is 2.39. The third-order valence-electron chi connectivity index (χ3n) is 6.05. The van der Waals surface area contributed by atoms with E-state index in [9.17, 15) is 9.59 Å². The van der Waals surface area contributed by atoms with Crippen molar-refractivity contribution in [2.24, 2.45) is 0 Å². The summed E-state index contributed by atoms with van der Waals surface area (Å²) in [5.74, 6) is 0.342. The minimum absolute atomic E-state index is 0.0979. The summed E-state index contributed by atoms with van der Waals surface area (Å²) < 4.78 is 1.96. The lowest BCUT2D eigenvalue weighted by Crippen LogP contribution is -2.50. The van der Waals surface area contributed by atoms with Gasteiger partial charge in [-0.2, -0.15) is 5.10 Å². The number of amides is 2. The van der Waals surface area contributed by atoms with Gasteiger partial charge in [-0.15, -0.1) is 0 Å². The topological polar surface area (TPSA) is 58.4 Å². The van der Waals surface area contributed by atoms with Crippen molar-refractivity contribution in [3.63, 3.8) is 0 Å². The highest BCUT2D eigenvalue weighted by Gasteiger charge is 2.33. The molecule has 4 rings (SSSR count). The highest BCUT2D eigenvalue weighted by molar-refractivity contribution is 5.93. The molecule has 25 heavy (non-hydrogen) atoms. The molecule has 2 amide bonds. The lowest BCUT2D eigenvalue weighted by atomic mass is 10.0. The number of hydrogen-bond donors (Lipinski definition) is 0. The molecular formula is C19H28N4O2. The summed E-state index contributed by atoms with van der Waals surface area (Å²) >= 11 is 0. The Balaban J connectivity index is 1.51. The lowest BCUT2D eigenvalue weighted by Gasteiger charge is -2.38. The van der Waals surface area contributed by atoms with Crippen LogP contribution in [0.15, 0.2) is 12.3 Å². The normalized spacial score (nSPS) is 25.1. The highest BCUT2D eigenvalue weighted by Crippen LogP contribution is 2.31. The fourth-order valence-corrected chi connectivity index (χ4v) is 4.68. The van der Waals surface area contributed by atoms with E-state index in [2.05, 4.69) is 5.10 Å². The second kappa shape index (κ2) is 7.18. The molecule has 0 bridgehead atoms. The molecule has 1 saturated carbocycles. The van der Waals surface area contributed by atoms with Gasteiger partial charge in [0.2, 0.25) is 5.91 Å². The van der Waals surface area contributed by atoms with Crippen LogP contribution in [-0.4, -0.2) is 57.1 Å². The van der Waals surface area contributed by atoms with Gasteiger partial charge in [-0.1, -0.05) is 12.8 Å². The summed E-state index contributed by atoms with van der Waals surface area (Å²) in [7, 11) is 0. The molecule has 1 aliphatic carbocycles. The zero-order chi connectivity index (χ0) is 17.2. The first kappa shape index (κ1) is 16.6. The maximum Gasteiger partial charge on any atom is 0.272 e. The van der Waals surface area contributed by atoms with E-state index in [1.54, 1.807) is 6.20 Å².